The van der Waals surface area contributed by atoms with Crippen LogP contribution in [0.3, 0.4) is 0 Å². The van der Waals surface area contributed by atoms with Gasteiger partial charge in [0.2, 0.25) is 0 Å². The Kier molecular flexibility index (Phi) is 5.13. The molecule has 0 saturated carbocycles. The number of halogens is 1. The highest BCUT2D eigenvalue weighted by atomic mass is 79.9. The van der Waals surface area contributed by atoms with Gasteiger partial charge in [-0.25, -0.2) is 4.79 Å². The second kappa shape index (κ2) is 5.30. The van der Waals surface area contributed by atoms with Gasteiger partial charge in [0.25, 0.3) is 5.78 Å². The fraction of sp³-hybridized carbons (Fsp3) is 0.750. The Bertz CT molecular complexity index is 177. The van der Waals surface area contributed by atoms with Crippen molar-refractivity contribution in [3.63, 3.8) is 0 Å². The van der Waals surface area contributed by atoms with E-state index >= 15 is 0 Å². The normalized spacial score (nSPS) is 12.8. The first-order chi connectivity index (χ1) is 5.49. The lowest BCUT2D eigenvalue weighted by atomic mass is 10.2. The predicted molar refractivity (Wildman–Crippen MR) is 49.2 cm³/mol. The zero-order valence-electron chi connectivity index (χ0n) is 7.46. The molecule has 0 radical (unpaired) electrons. The molecule has 0 bridgehead atoms. The maximum absolute atomic E-state index is 11.1. The van der Waals surface area contributed by atoms with Crippen LogP contribution in [0.2, 0.25) is 0 Å². The van der Waals surface area contributed by atoms with Crippen molar-refractivity contribution in [2.75, 3.05) is 0 Å². The minimum absolute atomic E-state index is 0.238. The van der Waals surface area contributed by atoms with Crippen molar-refractivity contribution in [1.82, 2.24) is 0 Å². The maximum Gasteiger partial charge on any atom is 0.376 e. The monoisotopic (exact) mass is 236 g/mol. The summed E-state index contributed by atoms with van der Waals surface area (Å²) in [5.41, 5.74) is 0. The van der Waals surface area contributed by atoms with E-state index in [1.807, 2.05) is 6.92 Å². The van der Waals surface area contributed by atoms with Gasteiger partial charge in [0.05, 0.1) is 10.9 Å². The highest BCUT2D eigenvalue weighted by Crippen LogP contribution is 2.07. The third kappa shape index (κ3) is 3.85. The van der Waals surface area contributed by atoms with Crippen molar-refractivity contribution < 1.29 is 14.3 Å². The van der Waals surface area contributed by atoms with E-state index in [1.165, 1.54) is 0 Å². The molecule has 0 unspecified atom stereocenters. The molecule has 0 N–H and O–H groups in total. The quantitative estimate of drug-likeness (QED) is 0.424. The smallest absolute Gasteiger partial charge is 0.376 e. The largest absolute Gasteiger partial charge is 0.457 e. The van der Waals surface area contributed by atoms with Crippen LogP contribution < -0.4 is 0 Å². The fourth-order valence-corrected chi connectivity index (χ4v) is 0.772. The lowest BCUT2D eigenvalue weighted by Crippen LogP contribution is -2.27. The van der Waals surface area contributed by atoms with Gasteiger partial charge < -0.3 is 4.74 Å². The molecule has 0 spiro atoms. The molecule has 0 amide bonds. The van der Waals surface area contributed by atoms with Gasteiger partial charge >= 0.3 is 5.97 Å². The molecule has 1 atom stereocenters. The number of rotatable bonds is 4. The van der Waals surface area contributed by atoms with Crippen LogP contribution in [0.1, 0.15) is 27.2 Å². The number of hydrogen-bond donors (Lipinski definition) is 0. The van der Waals surface area contributed by atoms with Crippen molar-refractivity contribution in [2.24, 2.45) is 0 Å². The van der Waals surface area contributed by atoms with E-state index in [0.717, 1.165) is 0 Å². The molecule has 0 aromatic carbocycles. The Balaban J connectivity index is 4.02. The summed E-state index contributed by atoms with van der Waals surface area (Å²) in [7, 11) is 0. The van der Waals surface area contributed by atoms with Gasteiger partial charge in [-0.1, -0.05) is 22.9 Å². The second-order valence-electron chi connectivity index (χ2n) is 2.69. The Morgan fingerprint density at radius 1 is 1.42 bits per heavy atom. The van der Waals surface area contributed by atoms with Crippen molar-refractivity contribution >= 4 is 27.7 Å². The first-order valence-electron chi connectivity index (χ1n) is 3.88. The standard InChI is InChI=1S/C8H13BrO3/c1-4-6(9)7(10)8(11)12-5(2)3/h5-6H,4H2,1-3H3/t6-/m1/s1. The molecule has 4 heteroatoms. The number of carbonyl (C=O) groups is 2. The summed E-state index contributed by atoms with van der Waals surface area (Å²) >= 11 is 3.08. The molecule has 0 aromatic rings. The zero-order chi connectivity index (χ0) is 9.72. The zero-order valence-corrected chi connectivity index (χ0v) is 9.05. The summed E-state index contributed by atoms with van der Waals surface area (Å²) in [6.45, 7) is 5.24. The number of Topliss-reactive ketones (excluding diaryl/α,β-unsaturated/α-hetero) is 1. The number of ketones is 1. The van der Waals surface area contributed by atoms with E-state index in [2.05, 4.69) is 15.9 Å². The van der Waals surface area contributed by atoms with Gasteiger partial charge in [0, 0.05) is 0 Å². The van der Waals surface area contributed by atoms with Crippen LogP contribution in [0.4, 0.5) is 0 Å². The molecule has 0 aliphatic carbocycles. The molecule has 0 aliphatic rings. The van der Waals surface area contributed by atoms with E-state index in [-0.39, 0.29) is 6.10 Å². The summed E-state index contributed by atoms with van der Waals surface area (Å²) in [6.07, 6.45) is 0.351. The molecule has 0 fully saturated rings. The van der Waals surface area contributed by atoms with Gasteiger partial charge in [0.1, 0.15) is 0 Å². The summed E-state index contributed by atoms with van der Waals surface area (Å²) in [5, 5.41) is 0. The average molecular weight is 237 g/mol. The fourth-order valence-electron chi connectivity index (χ4n) is 0.585. The van der Waals surface area contributed by atoms with E-state index in [0.29, 0.717) is 6.42 Å². The van der Waals surface area contributed by atoms with Crippen LogP contribution >= 0.6 is 15.9 Å². The molecule has 0 rings (SSSR count). The lowest BCUT2D eigenvalue weighted by Gasteiger charge is -2.08. The van der Waals surface area contributed by atoms with Crippen LogP contribution in [0, 0.1) is 0 Å². The molecule has 70 valence electrons. The second-order valence-corrected chi connectivity index (χ2v) is 3.80. The SMILES string of the molecule is CC[C@@H](Br)C(=O)C(=O)OC(C)C. The highest BCUT2D eigenvalue weighted by molar-refractivity contribution is 9.10. The molecule has 0 aliphatic heterocycles. The van der Waals surface area contributed by atoms with Crippen LogP contribution in [0.25, 0.3) is 0 Å². The number of ether oxygens (including phenoxy) is 1. The molecule has 0 aromatic heterocycles. The first-order valence-corrected chi connectivity index (χ1v) is 4.79. The Morgan fingerprint density at radius 3 is 2.25 bits per heavy atom. The Labute approximate surface area is 80.6 Å². The molecular formula is C8H13BrO3. The van der Waals surface area contributed by atoms with Crippen LogP contribution in [0.15, 0.2) is 0 Å². The summed E-state index contributed by atoms with van der Waals surface area (Å²) < 4.78 is 4.72. The van der Waals surface area contributed by atoms with E-state index in [1.54, 1.807) is 13.8 Å². The first kappa shape index (κ1) is 11.6. The van der Waals surface area contributed by atoms with Gasteiger partial charge in [-0.2, -0.15) is 0 Å². The van der Waals surface area contributed by atoms with Gasteiger partial charge in [0.15, 0.2) is 0 Å². The van der Waals surface area contributed by atoms with Crippen molar-refractivity contribution in [3.05, 3.63) is 0 Å². The molecule has 3 nitrogen and oxygen atoms in total. The number of esters is 1. The van der Waals surface area contributed by atoms with Gasteiger partial charge in [-0.05, 0) is 20.3 Å². The number of alkyl halides is 1. The number of hydrogen-bond acceptors (Lipinski definition) is 3. The lowest BCUT2D eigenvalue weighted by molar-refractivity contribution is -0.156. The van der Waals surface area contributed by atoms with Crippen LogP contribution in [0.5, 0.6) is 0 Å². The van der Waals surface area contributed by atoms with Crippen LogP contribution in [-0.2, 0) is 14.3 Å². The van der Waals surface area contributed by atoms with Crippen LogP contribution in [-0.4, -0.2) is 22.7 Å². The minimum Gasteiger partial charge on any atom is -0.457 e. The maximum atomic E-state index is 11.1. The molecule has 0 saturated heterocycles. The summed E-state index contributed by atoms with van der Waals surface area (Å²) in [6, 6.07) is 0. The average Bonchev–Trinajstić information content (AvgIpc) is 2.00. The van der Waals surface area contributed by atoms with Crippen molar-refractivity contribution in [1.29, 1.82) is 0 Å². The molecule has 12 heavy (non-hydrogen) atoms. The Morgan fingerprint density at radius 2 is 1.92 bits per heavy atom. The minimum atomic E-state index is -0.756. The van der Waals surface area contributed by atoms with E-state index in [9.17, 15) is 9.59 Å². The Hall–Kier alpha value is -0.380. The third-order valence-electron chi connectivity index (χ3n) is 1.19. The van der Waals surface area contributed by atoms with E-state index < -0.39 is 16.6 Å². The van der Waals surface area contributed by atoms with Gasteiger partial charge in [-0.15, -0.1) is 0 Å². The molecular weight excluding hydrogens is 224 g/mol. The summed E-state index contributed by atoms with van der Waals surface area (Å²) in [5.74, 6) is -1.26. The highest BCUT2D eigenvalue weighted by Gasteiger charge is 2.23. The van der Waals surface area contributed by atoms with Crippen molar-refractivity contribution in [2.45, 2.75) is 38.1 Å². The number of carbonyl (C=O) groups excluding carboxylic acids is 2. The third-order valence-corrected chi connectivity index (χ3v) is 2.25. The topological polar surface area (TPSA) is 43.4 Å². The summed E-state index contributed by atoms with van der Waals surface area (Å²) in [4.78, 5) is 21.6. The molecule has 0 heterocycles. The predicted octanol–water partition coefficient (Wildman–Crippen LogP) is 1.68. The van der Waals surface area contributed by atoms with Crippen molar-refractivity contribution in [3.8, 4) is 0 Å². The van der Waals surface area contributed by atoms with E-state index in [4.69, 9.17) is 4.74 Å². The van der Waals surface area contributed by atoms with Gasteiger partial charge in [-0.3, -0.25) is 4.79 Å².